The Morgan fingerprint density at radius 2 is 1.90 bits per heavy atom. The van der Waals surface area contributed by atoms with Crippen LogP contribution < -0.4 is 10.6 Å². The molecule has 0 bridgehead atoms. The van der Waals surface area contributed by atoms with E-state index in [9.17, 15) is 9.59 Å². The molecule has 1 saturated heterocycles. The van der Waals surface area contributed by atoms with Crippen molar-refractivity contribution in [1.29, 1.82) is 0 Å². The van der Waals surface area contributed by atoms with E-state index >= 15 is 0 Å². The maximum Gasteiger partial charge on any atom is 0.238 e. The lowest BCUT2D eigenvalue weighted by atomic mass is 10.1. The largest absolute Gasteiger partial charge is 0.342 e. The standard InChI is InChI=1S/C16H23N3O2/c1-13-6-5-7-14(10-13)18-15(20)11-17-12-16(21)19-8-3-2-4-9-19/h5-7,10,17H,2-4,8-9,11-12H2,1H3,(H,18,20). The van der Waals surface area contributed by atoms with Gasteiger partial charge in [-0.05, 0) is 43.9 Å². The number of likely N-dealkylation sites (tertiary alicyclic amines) is 1. The number of benzene rings is 1. The molecule has 5 nitrogen and oxygen atoms in total. The van der Waals surface area contributed by atoms with Crippen molar-refractivity contribution in [3.8, 4) is 0 Å². The lowest BCUT2D eigenvalue weighted by Crippen LogP contribution is -2.42. The van der Waals surface area contributed by atoms with Gasteiger partial charge in [0.15, 0.2) is 0 Å². The van der Waals surface area contributed by atoms with Gasteiger partial charge in [0.2, 0.25) is 11.8 Å². The number of hydrogen-bond acceptors (Lipinski definition) is 3. The summed E-state index contributed by atoms with van der Waals surface area (Å²) in [5, 5.41) is 5.72. The number of aryl methyl sites for hydroxylation is 1. The lowest BCUT2D eigenvalue weighted by Gasteiger charge is -2.26. The van der Waals surface area contributed by atoms with Crippen LogP contribution in [-0.4, -0.2) is 42.9 Å². The van der Waals surface area contributed by atoms with E-state index in [1.54, 1.807) is 0 Å². The molecule has 1 aliphatic heterocycles. The predicted molar refractivity (Wildman–Crippen MR) is 83.1 cm³/mol. The van der Waals surface area contributed by atoms with Crippen molar-refractivity contribution in [3.05, 3.63) is 29.8 Å². The molecule has 0 radical (unpaired) electrons. The summed E-state index contributed by atoms with van der Waals surface area (Å²) in [5.41, 5.74) is 1.88. The summed E-state index contributed by atoms with van der Waals surface area (Å²) < 4.78 is 0. The first-order valence-electron chi connectivity index (χ1n) is 7.50. The van der Waals surface area contributed by atoms with Crippen molar-refractivity contribution in [1.82, 2.24) is 10.2 Å². The number of rotatable bonds is 5. The number of carbonyl (C=O) groups is 2. The van der Waals surface area contributed by atoms with E-state index in [0.717, 1.165) is 37.2 Å². The molecule has 0 atom stereocenters. The van der Waals surface area contributed by atoms with Crippen molar-refractivity contribution in [2.45, 2.75) is 26.2 Å². The highest BCUT2D eigenvalue weighted by atomic mass is 16.2. The SMILES string of the molecule is Cc1cccc(NC(=O)CNCC(=O)N2CCCCC2)c1. The van der Waals surface area contributed by atoms with Crippen LogP contribution in [0.2, 0.25) is 0 Å². The minimum absolute atomic E-state index is 0.0815. The van der Waals surface area contributed by atoms with E-state index in [0.29, 0.717) is 0 Å². The third kappa shape index (κ3) is 5.19. The van der Waals surface area contributed by atoms with E-state index in [-0.39, 0.29) is 24.9 Å². The first-order chi connectivity index (χ1) is 10.1. The Bertz CT molecular complexity index is 496. The molecule has 1 aromatic carbocycles. The van der Waals surface area contributed by atoms with Gasteiger partial charge in [-0.15, -0.1) is 0 Å². The molecule has 114 valence electrons. The van der Waals surface area contributed by atoms with Crippen LogP contribution in [0.1, 0.15) is 24.8 Å². The minimum atomic E-state index is -0.132. The Hall–Kier alpha value is -1.88. The predicted octanol–water partition coefficient (Wildman–Crippen LogP) is 1.54. The second-order valence-electron chi connectivity index (χ2n) is 5.46. The minimum Gasteiger partial charge on any atom is -0.342 e. The number of amides is 2. The number of piperidine rings is 1. The van der Waals surface area contributed by atoms with Gasteiger partial charge in [-0.1, -0.05) is 12.1 Å². The molecule has 5 heteroatoms. The Balaban J connectivity index is 1.68. The fraction of sp³-hybridized carbons (Fsp3) is 0.500. The molecule has 1 fully saturated rings. The molecule has 0 aliphatic carbocycles. The van der Waals surface area contributed by atoms with Gasteiger partial charge in [0.05, 0.1) is 13.1 Å². The summed E-state index contributed by atoms with van der Waals surface area (Å²) in [6.07, 6.45) is 3.37. The van der Waals surface area contributed by atoms with Gasteiger partial charge in [-0.3, -0.25) is 14.9 Å². The van der Waals surface area contributed by atoms with Crippen LogP contribution in [0, 0.1) is 6.92 Å². The molecule has 1 aromatic rings. The van der Waals surface area contributed by atoms with Gasteiger partial charge in [0.1, 0.15) is 0 Å². The van der Waals surface area contributed by atoms with Crippen molar-refractivity contribution < 1.29 is 9.59 Å². The van der Waals surface area contributed by atoms with E-state index in [1.807, 2.05) is 36.1 Å². The first-order valence-corrected chi connectivity index (χ1v) is 7.50. The molecular formula is C16H23N3O2. The average molecular weight is 289 g/mol. The van der Waals surface area contributed by atoms with Crippen LogP contribution in [0.3, 0.4) is 0 Å². The van der Waals surface area contributed by atoms with Crippen LogP contribution in [0.15, 0.2) is 24.3 Å². The zero-order valence-electron chi connectivity index (χ0n) is 12.5. The van der Waals surface area contributed by atoms with E-state index in [2.05, 4.69) is 10.6 Å². The van der Waals surface area contributed by atoms with Crippen LogP contribution in [0.4, 0.5) is 5.69 Å². The molecule has 1 aliphatic rings. The van der Waals surface area contributed by atoms with Gasteiger partial charge in [0.25, 0.3) is 0 Å². The van der Waals surface area contributed by atoms with E-state index < -0.39 is 0 Å². The van der Waals surface area contributed by atoms with Crippen LogP contribution >= 0.6 is 0 Å². The topological polar surface area (TPSA) is 61.4 Å². The van der Waals surface area contributed by atoms with Gasteiger partial charge >= 0.3 is 0 Å². The smallest absolute Gasteiger partial charge is 0.238 e. The lowest BCUT2D eigenvalue weighted by molar-refractivity contribution is -0.131. The molecule has 0 aromatic heterocycles. The van der Waals surface area contributed by atoms with Crippen molar-refractivity contribution in [2.75, 3.05) is 31.5 Å². The summed E-state index contributed by atoms with van der Waals surface area (Å²) >= 11 is 0. The van der Waals surface area contributed by atoms with Gasteiger partial charge in [-0.2, -0.15) is 0 Å². The van der Waals surface area contributed by atoms with Crippen LogP contribution in [0.5, 0.6) is 0 Å². The number of nitrogens with one attached hydrogen (secondary N) is 2. The molecule has 1 heterocycles. The Morgan fingerprint density at radius 3 is 2.62 bits per heavy atom. The van der Waals surface area contributed by atoms with E-state index in [4.69, 9.17) is 0 Å². The molecule has 2 N–H and O–H groups in total. The van der Waals surface area contributed by atoms with E-state index in [1.165, 1.54) is 6.42 Å². The van der Waals surface area contributed by atoms with Gasteiger partial charge < -0.3 is 10.2 Å². The highest BCUT2D eigenvalue weighted by molar-refractivity contribution is 5.92. The Morgan fingerprint density at radius 1 is 1.14 bits per heavy atom. The fourth-order valence-corrected chi connectivity index (χ4v) is 2.47. The summed E-state index contributed by atoms with van der Waals surface area (Å²) in [7, 11) is 0. The second-order valence-corrected chi connectivity index (χ2v) is 5.46. The molecule has 2 amide bonds. The molecular weight excluding hydrogens is 266 g/mol. The number of hydrogen-bond donors (Lipinski definition) is 2. The average Bonchev–Trinajstić information content (AvgIpc) is 2.48. The maximum atomic E-state index is 11.9. The third-order valence-electron chi connectivity index (χ3n) is 3.57. The van der Waals surface area contributed by atoms with Gasteiger partial charge in [-0.25, -0.2) is 0 Å². The van der Waals surface area contributed by atoms with Crippen LogP contribution in [-0.2, 0) is 9.59 Å². The maximum absolute atomic E-state index is 11.9. The summed E-state index contributed by atoms with van der Waals surface area (Å²) in [5.74, 6) is -0.0508. The molecule has 0 unspecified atom stereocenters. The number of nitrogens with zero attached hydrogens (tertiary/aromatic N) is 1. The second kappa shape index (κ2) is 7.78. The third-order valence-corrected chi connectivity index (χ3v) is 3.57. The van der Waals surface area contributed by atoms with Crippen molar-refractivity contribution >= 4 is 17.5 Å². The highest BCUT2D eigenvalue weighted by Gasteiger charge is 2.16. The fourth-order valence-electron chi connectivity index (χ4n) is 2.47. The Kier molecular flexibility index (Phi) is 5.75. The first kappa shape index (κ1) is 15.5. The van der Waals surface area contributed by atoms with Crippen molar-refractivity contribution in [2.24, 2.45) is 0 Å². The zero-order valence-corrected chi connectivity index (χ0v) is 12.5. The number of anilines is 1. The van der Waals surface area contributed by atoms with Gasteiger partial charge in [0, 0.05) is 18.8 Å². The molecule has 21 heavy (non-hydrogen) atoms. The molecule has 2 rings (SSSR count). The highest BCUT2D eigenvalue weighted by Crippen LogP contribution is 2.09. The monoisotopic (exact) mass is 289 g/mol. The summed E-state index contributed by atoms with van der Waals surface area (Å²) in [6.45, 7) is 4.03. The zero-order chi connectivity index (χ0) is 15.1. The summed E-state index contributed by atoms with van der Waals surface area (Å²) in [4.78, 5) is 25.6. The molecule has 0 saturated carbocycles. The quantitative estimate of drug-likeness (QED) is 0.864. The van der Waals surface area contributed by atoms with Crippen molar-refractivity contribution in [3.63, 3.8) is 0 Å². The normalized spacial score (nSPS) is 14.8. The van der Waals surface area contributed by atoms with Crippen LogP contribution in [0.25, 0.3) is 0 Å². The molecule has 0 spiro atoms. The number of carbonyl (C=O) groups excluding carboxylic acids is 2. The Labute approximate surface area is 125 Å². The summed E-state index contributed by atoms with van der Waals surface area (Å²) in [6, 6.07) is 7.64.